The molecule has 0 atom stereocenters. The van der Waals surface area contributed by atoms with E-state index in [0.29, 0.717) is 12.2 Å². The lowest BCUT2D eigenvalue weighted by Crippen LogP contribution is -2.19. The van der Waals surface area contributed by atoms with E-state index in [2.05, 4.69) is 20.1 Å². The van der Waals surface area contributed by atoms with Gasteiger partial charge in [0.1, 0.15) is 0 Å². The Balaban J connectivity index is 0.00000441. The van der Waals surface area contributed by atoms with Gasteiger partial charge in [-0.25, -0.2) is 9.59 Å². The van der Waals surface area contributed by atoms with Crippen molar-refractivity contribution in [1.82, 2.24) is 5.32 Å². The van der Waals surface area contributed by atoms with Crippen LogP contribution in [0.15, 0.2) is 18.2 Å². The van der Waals surface area contributed by atoms with Crippen LogP contribution in [0.25, 0.3) is 0 Å². The molecule has 0 saturated heterocycles. The smallest absolute Gasteiger partial charge is 0.337 e. The number of halogens is 1. The first kappa shape index (κ1) is 19.9. The molecular formula is C14H19ClN2O5. The summed E-state index contributed by atoms with van der Waals surface area (Å²) in [6.45, 7) is 0.520. The number of methoxy groups -OCH3 is 2. The first-order valence-electron chi connectivity index (χ1n) is 6.28. The van der Waals surface area contributed by atoms with E-state index in [4.69, 9.17) is 0 Å². The van der Waals surface area contributed by atoms with Crippen molar-refractivity contribution in [1.29, 1.82) is 0 Å². The number of anilines is 1. The van der Waals surface area contributed by atoms with Crippen molar-refractivity contribution < 1.29 is 23.9 Å². The Kier molecular flexibility index (Phi) is 8.81. The Morgan fingerprint density at radius 1 is 1.00 bits per heavy atom. The van der Waals surface area contributed by atoms with Gasteiger partial charge in [0.2, 0.25) is 5.91 Å². The van der Waals surface area contributed by atoms with Crippen LogP contribution < -0.4 is 10.6 Å². The Labute approximate surface area is 134 Å². The zero-order chi connectivity index (χ0) is 15.8. The van der Waals surface area contributed by atoms with E-state index in [1.807, 2.05) is 0 Å². The number of nitrogens with one attached hydrogen (secondary N) is 2. The average molecular weight is 331 g/mol. The number of hydrogen-bond acceptors (Lipinski definition) is 6. The van der Waals surface area contributed by atoms with E-state index >= 15 is 0 Å². The Hall–Kier alpha value is -2.12. The van der Waals surface area contributed by atoms with Crippen LogP contribution in [0.5, 0.6) is 0 Å². The van der Waals surface area contributed by atoms with Crippen LogP contribution in [0.4, 0.5) is 5.69 Å². The number of benzene rings is 1. The van der Waals surface area contributed by atoms with E-state index in [9.17, 15) is 14.4 Å². The van der Waals surface area contributed by atoms with E-state index < -0.39 is 11.9 Å². The van der Waals surface area contributed by atoms with Crippen molar-refractivity contribution in [2.45, 2.75) is 6.42 Å². The third-order valence-corrected chi connectivity index (χ3v) is 2.66. The molecule has 0 bridgehead atoms. The second kappa shape index (κ2) is 9.75. The summed E-state index contributed by atoms with van der Waals surface area (Å²) in [7, 11) is 4.21. The lowest BCUT2D eigenvalue weighted by atomic mass is 10.1. The van der Waals surface area contributed by atoms with Gasteiger partial charge in [0.15, 0.2) is 0 Å². The highest BCUT2D eigenvalue weighted by molar-refractivity contribution is 5.99. The maximum atomic E-state index is 11.7. The summed E-state index contributed by atoms with van der Waals surface area (Å²) in [4.78, 5) is 34.9. The standard InChI is InChI=1S/C14H18N2O5.ClH/c1-15-5-4-12(17)16-11-7-9(13(18)20-2)6-10(8-11)14(19)21-3;/h6-8,15H,4-5H2,1-3H3,(H,16,17);1H. The molecule has 1 rings (SSSR count). The molecule has 1 amide bonds. The summed E-state index contributed by atoms with van der Waals surface area (Å²) in [5.74, 6) is -1.44. The molecule has 1 aromatic rings. The van der Waals surface area contributed by atoms with Gasteiger partial charge < -0.3 is 20.1 Å². The highest BCUT2D eigenvalue weighted by atomic mass is 35.5. The van der Waals surface area contributed by atoms with Gasteiger partial charge >= 0.3 is 11.9 Å². The lowest BCUT2D eigenvalue weighted by molar-refractivity contribution is -0.116. The summed E-state index contributed by atoms with van der Waals surface area (Å²) < 4.78 is 9.23. The molecule has 2 N–H and O–H groups in total. The Morgan fingerprint density at radius 3 is 1.91 bits per heavy atom. The quantitative estimate of drug-likeness (QED) is 0.762. The van der Waals surface area contributed by atoms with Gasteiger partial charge in [-0.15, -0.1) is 12.4 Å². The molecule has 8 heteroatoms. The normalized spacial score (nSPS) is 9.41. The molecule has 0 aliphatic rings. The SMILES string of the molecule is CNCCC(=O)Nc1cc(C(=O)OC)cc(C(=O)OC)c1.Cl. The first-order valence-corrected chi connectivity index (χ1v) is 6.28. The van der Waals surface area contributed by atoms with Gasteiger partial charge in [-0.3, -0.25) is 4.79 Å². The molecule has 0 spiro atoms. The van der Waals surface area contributed by atoms with Crippen molar-refractivity contribution in [3.8, 4) is 0 Å². The van der Waals surface area contributed by atoms with Crippen LogP contribution in [0, 0.1) is 0 Å². The number of hydrogen-bond donors (Lipinski definition) is 2. The summed E-state index contributed by atoms with van der Waals surface area (Å²) in [5.41, 5.74) is 0.646. The predicted octanol–water partition coefficient (Wildman–Crippen LogP) is 1.23. The second-order valence-corrected chi connectivity index (χ2v) is 4.18. The van der Waals surface area contributed by atoms with E-state index in [1.54, 1.807) is 7.05 Å². The highest BCUT2D eigenvalue weighted by Crippen LogP contribution is 2.17. The fourth-order valence-corrected chi connectivity index (χ4v) is 1.63. The van der Waals surface area contributed by atoms with Crippen molar-refractivity contribution in [2.24, 2.45) is 0 Å². The molecule has 0 heterocycles. The summed E-state index contributed by atoms with van der Waals surface area (Å²) >= 11 is 0. The number of rotatable bonds is 6. The zero-order valence-corrected chi connectivity index (χ0v) is 13.4. The molecule has 122 valence electrons. The minimum absolute atomic E-state index is 0. The molecule has 0 fully saturated rings. The Morgan fingerprint density at radius 2 is 1.50 bits per heavy atom. The van der Waals surface area contributed by atoms with Gasteiger partial charge in [0.25, 0.3) is 0 Å². The summed E-state index contributed by atoms with van der Waals surface area (Å²) in [5, 5.41) is 5.47. The molecule has 7 nitrogen and oxygen atoms in total. The molecule has 0 aliphatic carbocycles. The van der Waals surface area contributed by atoms with Crippen molar-refractivity contribution >= 4 is 35.9 Å². The Bertz CT molecular complexity index is 514. The molecule has 0 aliphatic heterocycles. The topological polar surface area (TPSA) is 93.7 Å². The molecular weight excluding hydrogens is 312 g/mol. The minimum atomic E-state index is -0.605. The van der Waals surface area contributed by atoms with Crippen LogP contribution in [-0.4, -0.2) is 45.7 Å². The van der Waals surface area contributed by atoms with Gasteiger partial charge in [0, 0.05) is 18.7 Å². The van der Waals surface area contributed by atoms with Gasteiger partial charge in [0.05, 0.1) is 25.3 Å². The summed E-state index contributed by atoms with van der Waals surface area (Å²) in [6, 6.07) is 4.23. The summed E-state index contributed by atoms with van der Waals surface area (Å²) in [6.07, 6.45) is 0.270. The molecule has 0 saturated carbocycles. The fraction of sp³-hybridized carbons (Fsp3) is 0.357. The van der Waals surface area contributed by atoms with Gasteiger partial charge in [-0.1, -0.05) is 0 Å². The van der Waals surface area contributed by atoms with Crippen LogP contribution >= 0.6 is 12.4 Å². The lowest BCUT2D eigenvalue weighted by Gasteiger charge is -2.09. The molecule has 22 heavy (non-hydrogen) atoms. The molecule has 0 radical (unpaired) electrons. The maximum Gasteiger partial charge on any atom is 0.337 e. The van der Waals surface area contributed by atoms with Crippen molar-refractivity contribution in [3.63, 3.8) is 0 Å². The third-order valence-electron chi connectivity index (χ3n) is 2.66. The van der Waals surface area contributed by atoms with Crippen molar-refractivity contribution in [3.05, 3.63) is 29.3 Å². The fourth-order valence-electron chi connectivity index (χ4n) is 1.63. The predicted molar refractivity (Wildman–Crippen MR) is 83.5 cm³/mol. The molecule has 0 unspecified atom stereocenters. The van der Waals surface area contributed by atoms with Crippen LogP contribution in [0.3, 0.4) is 0 Å². The number of amides is 1. The number of carbonyl (C=O) groups excluding carboxylic acids is 3. The van der Waals surface area contributed by atoms with E-state index in [0.717, 1.165) is 0 Å². The second-order valence-electron chi connectivity index (χ2n) is 4.18. The molecule has 1 aromatic carbocycles. The maximum absolute atomic E-state index is 11.7. The number of carbonyl (C=O) groups is 3. The largest absolute Gasteiger partial charge is 0.465 e. The molecule has 0 aromatic heterocycles. The van der Waals surface area contributed by atoms with Gasteiger partial charge in [-0.05, 0) is 25.2 Å². The third kappa shape index (κ3) is 5.71. The van der Waals surface area contributed by atoms with Crippen LogP contribution in [0.2, 0.25) is 0 Å². The van der Waals surface area contributed by atoms with E-state index in [-0.39, 0.29) is 35.9 Å². The highest BCUT2D eigenvalue weighted by Gasteiger charge is 2.14. The van der Waals surface area contributed by atoms with Crippen LogP contribution in [-0.2, 0) is 14.3 Å². The van der Waals surface area contributed by atoms with Gasteiger partial charge in [-0.2, -0.15) is 0 Å². The van der Waals surface area contributed by atoms with Crippen LogP contribution in [0.1, 0.15) is 27.1 Å². The van der Waals surface area contributed by atoms with Crippen molar-refractivity contribution in [2.75, 3.05) is 33.1 Å². The monoisotopic (exact) mass is 330 g/mol. The average Bonchev–Trinajstić information content (AvgIpc) is 2.50. The number of ether oxygens (including phenoxy) is 2. The zero-order valence-electron chi connectivity index (χ0n) is 12.6. The first-order chi connectivity index (χ1) is 10.0. The number of esters is 2. The minimum Gasteiger partial charge on any atom is -0.465 e. The van der Waals surface area contributed by atoms with E-state index in [1.165, 1.54) is 32.4 Å².